The van der Waals surface area contributed by atoms with Crippen LogP contribution in [-0.4, -0.2) is 33.3 Å². The molecule has 5 nitrogen and oxygen atoms in total. The number of aryl methyl sites for hydroxylation is 2. The lowest BCUT2D eigenvalue weighted by Crippen LogP contribution is -2.21. The summed E-state index contributed by atoms with van der Waals surface area (Å²) in [6.45, 7) is 6.60. The molecule has 0 amide bonds. The van der Waals surface area contributed by atoms with Crippen LogP contribution in [0.4, 0.5) is 0 Å². The number of ether oxygens (including phenoxy) is 1. The molecule has 0 saturated heterocycles. The highest BCUT2D eigenvalue weighted by Crippen LogP contribution is 2.18. The fourth-order valence-electron chi connectivity index (χ4n) is 1.89. The molecule has 0 aliphatic rings. The lowest BCUT2D eigenvalue weighted by Gasteiger charge is -2.09. The van der Waals surface area contributed by atoms with Crippen molar-refractivity contribution in [1.82, 2.24) is 9.55 Å². The Hall–Kier alpha value is -1.88. The maximum absolute atomic E-state index is 10.6. The SMILES string of the molecule is Cc1cc2ncn(CCOC(C)C(=O)O)c2cc1C. The van der Waals surface area contributed by atoms with Crippen LogP contribution in [0.3, 0.4) is 0 Å². The van der Waals surface area contributed by atoms with Gasteiger partial charge in [-0.3, -0.25) is 0 Å². The summed E-state index contributed by atoms with van der Waals surface area (Å²) >= 11 is 0. The second kappa shape index (κ2) is 5.40. The average Bonchev–Trinajstić information content (AvgIpc) is 2.72. The van der Waals surface area contributed by atoms with E-state index in [-0.39, 0.29) is 0 Å². The van der Waals surface area contributed by atoms with Gasteiger partial charge in [-0.05, 0) is 44.0 Å². The second-order valence-corrected chi connectivity index (χ2v) is 4.71. The first-order valence-corrected chi connectivity index (χ1v) is 6.25. The number of carboxylic acid groups (broad SMARTS) is 1. The summed E-state index contributed by atoms with van der Waals surface area (Å²) < 4.78 is 7.21. The molecule has 2 rings (SSSR count). The standard InChI is InChI=1S/C14H18N2O3/c1-9-6-12-13(7-10(9)2)16(8-15-12)4-5-19-11(3)14(17)18/h6-8,11H,4-5H2,1-3H3,(H,17,18). The molecule has 102 valence electrons. The molecule has 2 aromatic rings. The third-order valence-corrected chi connectivity index (χ3v) is 3.28. The highest BCUT2D eigenvalue weighted by Gasteiger charge is 2.11. The van der Waals surface area contributed by atoms with Gasteiger partial charge in [-0.2, -0.15) is 0 Å². The maximum Gasteiger partial charge on any atom is 0.332 e. The highest BCUT2D eigenvalue weighted by molar-refractivity contribution is 5.77. The van der Waals surface area contributed by atoms with E-state index in [1.807, 2.05) is 4.57 Å². The molecule has 1 aromatic carbocycles. The number of hydrogen-bond acceptors (Lipinski definition) is 3. The zero-order valence-corrected chi connectivity index (χ0v) is 11.4. The first-order chi connectivity index (χ1) is 8.99. The summed E-state index contributed by atoms with van der Waals surface area (Å²) in [6.07, 6.45) is 0.983. The molecule has 1 atom stereocenters. The number of aromatic nitrogens is 2. The van der Waals surface area contributed by atoms with E-state index >= 15 is 0 Å². The quantitative estimate of drug-likeness (QED) is 0.896. The van der Waals surface area contributed by atoms with Crippen molar-refractivity contribution in [1.29, 1.82) is 0 Å². The first kappa shape index (κ1) is 13.5. The van der Waals surface area contributed by atoms with Crippen LogP contribution in [-0.2, 0) is 16.1 Å². The third kappa shape index (κ3) is 2.93. The molecule has 0 saturated carbocycles. The van der Waals surface area contributed by atoms with Gasteiger partial charge in [0.05, 0.1) is 24.0 Å². The summed E-state index contributed by atoms with van der Waals surface area (Å²) in [4.78, 5) is 15.0. The molecule has 0 aliphatic carbocycles. The first-order valence-electron chi connectivity index (χ1n) is 6.25. The van der Waals surface area contributed by atoms with E-state index in [1.54, 1.807) is 6.33 Å². The summed E-state index contributed by atoms with van der Waals surface area (Å²) in [7, 11) is 0. The number of rotatable bonds is 5. The van der Waals surface area contributed by atoms with Gasteiger partial charge in [0.15, 0.2) is 6.10 Å². The van der Waals surface area contributed by atoms with Gasteiger partial charge < -0.3 is 14.4 Å². The molecule has 1 unspecified atom stereocenters. The summed E-state index contributed by atoms with van der Waals surface area (Å²) in [5, 5.41) is 8.73. The van der Waals surface area contributed by atoms with Crippen molar-refractivity contribution in [2.75, 3.05) is 6.61 Å². The van der Waals surface area contributed by atoms with E-state index in [9.17, 15) is 4.79 Å². The van der Waals surface area contributed by atoms with Crippen LogP contribution in [0.2, 0.25) is 0 Å². The van der Waals surface area contributed by atoms with E-state index in [4.69, 9.17) is 9.84 Å². The Bertz CT molecular complexity index is 604. The Kier molecular flexibility index (Phi) is 3.85. The number of hydrogen-bond donors (Lipinski definition) is 1. The second-order valence-electron chi connectivity index (χ2n) is 4.71. The summed E-state index contributed by atoms with van der Waals surface area (Å²) in [6, 6.07) is 4.15. The minimum absolute atomic E-state index is 0.353. The van der Waals surface area contributed by atoms with Gasteiger partial charge in [0.25, 0.3) is 0 Å². The van der Waals surface area contributed by atoms with Crippen molar-refractivity contribution >= 4 is 17.0 Å². The number of fused-ring (bicyclic) bond motifs is 1. The lowest BCUT2D eigenvalue weighted by atomic mass is 10.1. The van der Waals surface area contributed by atoms with Crippen LogP contribution < -0.4 is 0 Å². The van der Waals surface area contributed by atoms with Gasteiger partial charge in [-0.15, -0.1) is 0 Å². The molecular weight excluding hydrogens is 244 g/mol. The number of carboxylic acids is 1. The fraction of sp³-hybridized carbons (Fsp3) is 0.429. The minimum atomic E-state index is -0.943. The predicted octanol–water partition coefficient (Wildman–Crippen LogP) is 2.14. The number of imidazole rings is 1. The molecule has 1 heterocycles. The van der Waals surface area contributed by atoms with Gasteiger partial charge in [-0.1, -0.05) is 0 Å². The largest absolute Gasteiger partial charge is 0.479 e. The molecule has 0 radical (unpaired) electrons. The van der Waals surface area contributed by atoms with Crippen LogP contribution in [0.5, 0.6) is 0 Å². The Morgan fingerprint density at radius 3 is 2.79 bits per heavy atom. The van der Waals surface area contributed by atoms with Gasteiger partial charge in [0.1, 0.15) is 0 Å². The molecule has 0 spiro atoms. The zero-order valence-electron chi connectivity index (χ0n) is 11.4. The topological polar surface area (TPSA) is 64.4 Å². The molecule has 0 fully saturated rings. The van der Waals surface area contributed by atoms with Gasteiger partial charge in [-0.25, -0.2) is 9.78 Å². The summed E-state index contributed by atoms with van der Waals surface area (Å²) in [5.74, 6) is -0.943. The van der Waals surface area contributed by atoms with Crippen molar-refractivity contribution < 1.29 is 14.6 Å². The molecular formula is C14H18N2O3. The van der Waals surface area contributed by atoms with Crippen LogP contribution >= 0.6 is 0 Å². The smallest absolute Gasteiger partial charge is 0.332 e. The zero-order chi connectivity index (χ0) is 14.0. The average molecular weight is 262 g/mol. The molecule has 1 N–H and O–H groups in total. The van der Waals surface area contributed by atoms with E-state index in [0.717, 1.165) is 11.0 Å². The van der Waals surface area contributed by atoms with E-state index in [0.29, 0.717) is 13.2 Å². The van der Waals surface area contributed by atoms with Crippen LogP contribution in [0.1, 0.15) is 18.1 Å². The molecule has 19 heavy (non-hydrogen) atoms. The lowest BCUT2D eigenvalue weighted by molar-refractivity contribution is -0.149. The van der Waals surface area contributed by atoms with E-state index < -0.39 is 12.1 Å². The Morgan fingerprint density at radius 2 is 2.11 bits per heavy atom. The Labute approximate surface area is 111 Å². The van der Waals surface area contributed by atoms with Crippen molar-refractivity contribution in [2.24, 2.45) is 0 Å². The fourth-order valence-corrected chi connectivity index (χ4v) is 1.89. The molecule has 0 aliphatic heterocycles. The van der Waals surface area contributed by atoms with Crippen molar-refractivity contribution in [3.8, 4) is 0 Å². The maximum atomic E-state index is 10.6. The van der Waals surface area contributed by atoms with Gasteiger partial charge >= 0.3 is 5.97 Å². The Balaban J connectivity index is 2.09. The Morgan fingerprint density at radius 1 is 1.42 bits per heavy atom. The minimum Gasteiger partial charge on any atom is -0.479 e. The van der Waals surface area contributed by atoms with Crippen LogP contribution in [0.25, 0.3) is 11.0 Å². The number of benzene rings is 1. The van der Waals surface area contributed by atoms with Gasteiger partial charge in [0, 0.05) is 6.54 Å². The highest BCUT2D eigenvalue weighted by atomic mass is 16.5. The monoisotopic (exact) mass is 262 g/mol. The predicted molar refractivity (Wildman–Crippen MR) is 72.3 cm³/mol. The van der Waals surface area contributed by atoms with Crippen LogP contribution in [0, 0.1) is 13.8 Å². The van der Waals surface area contributed by atoms with Crippen LogP contribution in [0.15, 0.2) is 18.5 Å². The number of aliphatic carboxylic acids is 1. The van der Waals surface area contributed by atoms with Crippen molar-refractivity contribution in [2.45, 2.75) is 33.4 Å². The normalized spacial score (nSPS) is 12.8. The number of carbonyl (C=O) groups is 1. The molecule has 5 heteroatoms. The third-order valence-electron chi connectivity index (χ3n) is 3.28. The van der Waals surface area contributed by atoms with Gasteiger partial charge in [0.2, 0.25) is 0 Å². The van der Waals surface area contributed by atoms with Crippen molar-refractivity contribution in [3.05, 3.63) is 29.6 Å². The van der Waals surface area contributed by atoms with E-state index in [2.05, 4.69) is 31.0 Å². The van der Waals surface area contributed by atoms with Crippen molar-refractivity contribution in [3.63, 3.8) is 0 Å². The van der Waals surface area contributed by atoms with E-state index in [1.165, 1.54) is 18.1 Å². The summed E-state index contributed by atoms with van der Waals surface area (Å²) in [5.41, 5.74) is 4.44. The number of nitrogens with zero attached hydrogens (tertiary/aromatic N) is 2. The molecule has 1 aromatic heterocycles. The molecule has 0 bridgehead atoms.